The van der Waals surface area contributed by atoms with E-state index in [1.165, 1.54) is 0 Å². The monoisotopic (exact) mass is 341 g/mol. The van der Waals surface area contributed by atoms with Crippen LogP contribution in [0.15, 0.2) is 47.4 Å². The number of hydrogen-bond donors (Lipinski definition) is 0. The van der Waals surface area contributed by atoms with E-state index >= 15 is 0 Å². The van der Waals surface area contributed by atoms with Crippen LogP contribution >= 0.6 is 0 Å². The van der Waals surface area contributed by atoms with E-state index in [0.717, 1.165) is 38.0 Å². The van der Waals surface area contributed by atoms with Crippen molar-refractivity contribution in [2.75, 3.05) is 19.6 Å². The number of rotatable bonds is 6. The van der Waals surface area contributed by atoms with Gasteiger partial charge in [-0.2, -0.15) is 5.10 Å². The van der Waals surface area contributed by atoms with E-state index in [0.29, 0.717) is 24.3 Å². The van der Waals surface area contributed by atoms with Crippen LogP contribution in [0.25, 0.3) is 11.1 Å². The highest BCUT2D eigenvalue weighted by Crippen LogP contribution is 2.14. The largest absolute Gasteiger partial charge is 0.373 e. The highest BCUT2D eigenvalue weighted by Gasteiger charge is 2.21. The van der Waals surface area contributed by atoms with Crippen LogP contribution in [0.2, 0.25) is 0 Å². The topological polar surface area (TPSA) is 47.4 Å². The molecular formula is C20H27N3O2. The summed E-state index contributed by atoms with van der Waals surface area (Å²) in [6.07, 6.45) is 4.33. The first kappa shape index (κ1) is 17.8. The van der Waals surface area contributed by atoms with Crippen LogP contribution in [0, 0.1) is 0 Å². The molecule has 0 spiro atoms. The molecule has 2 aromatic rings. The number of ether oxygens (including phenoxy) is 1. The molecule has 5 nitrogen and oxygen atoms in total. The standard InChI is InChI=1S/C20H27N3O2/c1-16-14-22(15-17(2)25-16)12-6-7-13-23-20(24)19(10-11-21-23)18-8-4-3-5-9-18/h3-5,8-11,16-17H,6-7,12-15H2,1-2H3. The molecular weight excluding hydrogens is 314 g/mol. The first-order chi connectivity index (χ1) is 12.1. The molecule has 0 bridgehead atoms. The van der Waals surface area contributed by atoms with Crippen molar-refractivity contribution in [3.8, 4) is 11.1 Å². The zero-order valence-electron chi connectivity index (χ0n) is 15.1. The van der Waals surface area contributed by atoms with Gasteiger partial charge in [-0.05, 0) is 44.9 Å². The van der Waals surface area contributed by atoms with E-state index in [4.69, 9.17) is 4.74 Å². The van der Waals surface area contributed by atoms with Crippen LogP contribution in [-0.4, -0.2) is 46.5 Å². The number of hydrogen-bond acceptors (Lipinski definition) is 4. The molecule has 0 aliphatic carbocycles. The van der Waals surface area contributed by atoms with Crippen molar-refractivity contribution in [3.63, 3.8) is 0 Å². The SMILES string of the molecule is CC1CN(CCCCn2nccc(-c3ccccc3)c2=O)CC(C)O1. The third-order valence-corrected chi connectivity index (χ3v) is 4.59. The lowest BCUT2D eigenvalue weighted by Gasteiger charge is -2.35. The molecule has 2 atom stereocenters. The first-order valence-corrected chi connectivity index (χ1v) is 9.13. The minimum absolute atomic E-state index is 0.0117. The molecule has 1 aliphatic heterocycles. The predicted molar refractivity (Wildman–Crippen MR) is 99.6 cm³/mol. The van der Waals surface area contributed by atoms with Gasteiger partial charge in [0, 0.05) is 25.8 Å². The van der Waals surface area contributed by atoms with Crippen molar-refractivity contribution < 1.29 is 4.74 Å². The molecule has 134 valence electrons. The van der Waals surface area contributed by atoms with Crippen LogP contribution in [-0.2, 0) is 11.3 Å². The minimum atomic E-state index is -0.0117. The summed E-state index contributed by atoms with van der Waals surface area (Å²) in [7, 11) is 0. The quantitative estimate of drug-likeness (QED) is 0.758. The molecule has 5 heteroatoms. The van der Waals surface area contributed by atoms with Crippen LogP contribution in [0.5, 0.6) is 0 Å². The molecule has 1 fully saturated rings. The second-order valence-electron chi connectivity index (χ2n) is 6.86. The fourth-order valence-electron chi connectivity index (χ4n) is 3.51. The number of aryl methyl sites for hydroxylation is 1. The molecule has 2 unspecified atom stereocenters. The van der Waals surface area contributed by atoms with E-state index in [1.54, 1.807) is 16.9 Å². The number of morpholine rings is 1. The Bertz CT molecular complexity index is 719. The average molecular weight is 341 g/mol. The van der Waals surface area contributed by atoms with E-state index in [2.05, 4.69) is 23.8 Å². The Morgan fingerprint density at radius 3 is 2.44 bits per heavy atom. The van der Waals surface area contributed by atoms with Crippen LogP contribution in [0.1, 0.15) is 26.7 Å². The average Bonchev–Trinajstić information content (AvgIpc) is 2.60. The van der Waals surface area contributed by atoms with Gasteiger partial charge in [0.25, 0.3) is 5.56 Å². The second-order valence-corrected chi connectivity index (χ2v) is 6.86. The smallest absolute Gasteiger partial charge is 0.274 e. The summed E-state index contributed by atoms with van der Waals surface area (Å²) in [6, 6.07) is 11.6. The lowest BCUT2D eigenvalue weighted by atomic mass is 10.1. The number of nitrogens with zero attached hydrogens (tertiary/aromatic N) is 3. The van der Waals surface area contributed by atoms with Gasteiger partial charge in [0.2, 0.25) is 0 Å². The molecule has 0 amide bonds. The molecule has 0 N–H and O–H groups in total. The molecule has 0 radical (unpaired) electrons. The molecule has 2 heterocycles. The molecule has 25 heavy (non-hydrogen) atoms. The van der Waals surface area contributed by atoms with Crippen LogP contribution in [0.4, 0.5) is 0 Å². The maximum atomic E-state index is 12.6. The summed E-state index contributed by atoms with van der Waals surface area (Å²) < 4.78 is 7.36. The van der Waals surface area contributed by atoms with Crippen molar-refractivity contribution in [3.05, 3.63) is 52.9 Å². The molecule has 3 rings (SSSR count). The van der Waals surface area contributed by atoms with Gasteiger partial charge in [-0.1, -0.05) is 30.3 Å². The van der Waals surface area contributed by atoms with Gasteiger partial charge in [0.15, 0.2) is 0 Å². The lowest BCUT2D eigenvalue weighted by Crippen LogP contribution is -2.45. The van der Waals surface area contributed by atoms with E-state index in [9.17, 15) is 4.79 Å². The van der Waals surface area contributed by atoms with Gasteiger partial charge < -0.3 is 4.74 Å². The molecule has 1 saturated heterocycles. The van der Waals surface area contributed by atoms with Gasteiger partial charge in [-0.3, -0.25) is 9.69 Å². The summed E-state index contributed by atoms with van der Waals surface area (Å²) in [5, 5.41) is 4.24. The highest BCUT2D eigenvalue weighted by molar-refractivity contribution is 5.61. The van der Waals surface area contributed by atoms with Crippen molar-refractivity contribution in [2.45, 2.75) is 45.4 Å². The normalized spacial score (nSPS) is 21.4. The van der Waals surface area contributed by atoms with Gasteiger partial charge in [-0.25, -0.2) is 4.68 Å². The number of aromatic nitrogens is 2. The van der Waals surface area contributed by atoms with Crippen molar-refractivity contribution >= 4 is 0 Å². The molecule has 1 aromatic heterocycles. The molecule has 1 aliphatic rings. The summed E-state index contributed by atoms with van der Waals surface area (Å²) >= 11 is 0. The van der Waals surface area contributed by atoms with Gasteiger partial charge in [0.05, 0.1) is 17.8 Å². The second kappa shape index (κ2) is 8.41. The maximum absolute atomic E-state index is 12.6. The molecule has 1 aromatic carbocycles. The molecule has 0 saturated carbocycles. The Hall–Kier alpha value is -1.98. The third kappa shape index (κ3) is 4.77. The van der Waals surface area contributed by atoms with E-state index in [1.807, 2.05) is 30.3 Å². The zero-order valence-corrected chi connectivity index (χ0v) is 15.1. The van der Waals surface area contributed by atoms with Gasteiger partial charge >= 0.3 is 0 Å². The van der Waals surface area contributed by atoms with Crippen LogP contribution < -0.4 is 5.56 Å². The lowest BCUT2D eigenvalue weighted by molar-refractivity contribution is -0.0682. The van der Waals surface area contributed by atoms with Crippen LogP contribution in [0.3, 0.4) is 0 Å². The number of benzene rings is 1. The number of unbranched alkanes of at least 4 members (excludes halogenated alkanes) is 1. The zero-order chi connectivity index (χ0) is 17.6. The summed E-state index contributed by atoms with van der Waals surface area (Å²) in [5.74, 6) is 0. The van der Waals surface area contributed by atoms with Crippen molar-refractivity contribution in [1.82, 2.24) is 14.7 Å². The fraction of sp³-hybridized carbons (Fsp3) is 0.500. The van der Waals surface area contributed by atoms with Crippen molar-refractivity contribution in [1.29, 1.82) is 0 Å². The summed E-state index contributed by atoms with van der Waals surface area (Å²) in [5.41, 5.74) is 1.65. The van der Waals surface area contributed by atoms with Crippen molar-refractivity contribution in [2.24, 2.45) is 0 Å². The van der Waals surface area contributed by atoms with Gasteiger partial charge in [0.1, 0.15) is 0 Å². The van der Waals surface area contributed by atoms with E-state index < -0.39 is 0 Å². The van der Waals surface area contributed by atoms with E-state index in [-0.39, 0.29) is 5.56 Å². The Morgan fingerprint density at radius 2 is 1.72 bits per heavy atom. The highest BCUT2D eigenvalue weighted by atomic mass is 16.5. The summed E-state index contributed by atoms with van der Waals surface area (Å²) in [6.45, 7) is 7.95. The Morgan fingerprint density at radius 1 is 1.04 bits per heavy atom. The summed E-state index contributed by atoms with van der Waals surface area (Å²) in [4.78, 5) is 15.1. The maximum Gasteiger partial charge on any atom is 0.274 e. The van der Waals surface area contributed by atoms with Gasteiger partial charge in [-0.15, -0.1) is 0 Å². The third-order valence-electron chi connectivity index (χ3n) is 4.59. The Kier molecular flexibility index (Phi) is 6.00. The fourth-order valence-corrected chi connectivity index (χ4v) is 3.51. The predicted octanol–water partition coefficient (Wildman–Crippen LogP) is 2.80. The Balaban J connectivity index is 1.55. The minimum Gasteiger partial charge on any atom is -0.373 e. The first-order valence-electron chi connectivity index (χ1n) is 9.13. The Labute approximate surface area is 149 Å².